The van der Waals surface area contributed by atoms with E-state index in [1.54, 1.807) is 6.92 Å². The fourth-order valence-corrected chi connectivity index (χ4v) is 7.45. The monoisotopic (exact) mass is 416 g/mol. The van der Waals surface area contributed by atoms with Gasteiger partial charge in [-0.05, 0) is 79.5 Å². The van der Waals surface area contributed by atoms with Gasteiger partial charge in [0.1, 0.15) is 5.54 Å². The van der Waals surface area contributed by atoms with E-state index < -0.39 is 11.6 Å². The Hall–Kier alpha value is -2.69. The van der Waals surface area contributed by atoms with E-state index in [4.69, 9.17) is 0 Å². The number of rotatable bonds is 4. The van der Waals surface area contributed by atoms with Crippen LogP contribution in [0.3, 0.4) is 0 Å². The second-order valence-corrected chi connectivity index (χ2v) is 10.6. The molecular weight excluding hydrogens is 388 g/mol. The molecule has 5 nitrogen and oxygen atoms in total. The highest BCUT2D eigenvalue weighted by Gasteiger charge is 2.56. The first kappa shape index (κ1) is 19.0. The van der Waals surface area contributed by atoms with E-state index in [1.165, 1.54) is 24.2 Å². The normalized spacial score (nSPS) is 36.3. The third-order valence-corrected chi connectivity index (χ3v) is 8.53. The summed E-state index contributed by atoms with van der Waals surface area (Å²) in [6.45, 7) is 1.65. The lowest BCUT2D eigenvalue weighted by molar-refractivity contribution is -0.147. The number of carbonyl (C=O) groups excluding carboxylic acids is 3. The van der Waals surface area contributed by atoms with Crippen molar-refractivity contribution in [3.63, 3.8) is 0 Å². The Bertz CT molecular complexity index is 1080. The molecule has 0 aromatic heterocycles. The summed E-state index contributed by atoms with van der Waals surface area (Å²) in [5, 5.41) is 4.86. The quantitative estimate of drug-likeness (QED) is 0.752. The average molecular weight is 417 g/mol. The van der Waals surface area contributed by atoms with Crippen molar-refractivity contribution in [2.24, 2.45) is 23.2 Å². The fraction of sp³-hybridized carbons (Fsp3) is 0.500. The number of imide groups is 1. The molecule has 1 atom stereocenters. The molecule has 5 aliphatic rings. The van der Waals surface area contributed by atoms with E-state index in [2.05, 4.69) is 5.32 Å². The standard InChI is InChI=1S/C26H28N2O3/c1-25(21-8-4-6-19-5-2-3-7-20(19)21)23(30)28(24(31)27-25)15-22(29)26-12-16-9-17(13-26)11-18(10-16)14-26/h2-8,16-18H,9-15H2,1H3,(H,27,31)/t16?,17?,18?,25-,26?/m0/s1. The Morgan fingerprint density at radius 1 is 0.968 bits per heavy atom. The molecule has 2 aromatic carbocycles. The summed E-state index contributed by atoms with van der Waals surface area (Å²) in [4.78, 5) is 41.1. The van der Waals surface area contributed by atoms with Gasteiger partial charge in [-0.2, -0.15) is 0 Å². The van der Waals surface area contributed by atoms with Gasteiger partial charge in [-0.1, -0.05) is 42.5 Å². The average Bonchev–Trinajstić information content (AvgIpc) is 2.96. The lowest BCUT2D eigenvalue weighted by Gasteiger charge is -2.56. The Morgan fingerprint density at radius 2 is 1.58 bits per heavy atom. The highest BCUT2D eigenvalue weighted by molar-refractivity contribution is 6.11. The number of benzene rings is 2. The molecule has 5 heteroatoms. The Balaban J connectivity index is 1.29. The van der Waals surface area contributed by atoms with Crippen molar-refractivity contribution in [1.29, 1.82) is 0 Å². The number of nitrogens with one attached hydrogen (secondary N) is 1. The molecule has 1 heterocycles. The van der Waals surface area contributed by atoms with Crippen LogP contribution in [0.1, 0.15) is 51.0 Å². The molecule has 4 aliphatic carbocycles. The number of hydrogen-bond donors (Lipinski definition) is 1. The summed E-state index contributed by atoms with van der Waals surface area (Å²) in [5.74, 6) is 1.72. The molecule has 1 aliphatic heterocycles. The van der Waals surface area contributed by atoms with Gasteiger partial charge >= 0.3 is 6.03 Å². The van der Waals surface area contributed by atoms with Crippen LogP contribution in [0.2, 0.25) is 0 Å². The predicted octanol–water partition coefficient (Wildman–Crippen LogP) is 4.39. The van der Waals surface area contributed by atoms with Crippen LogP contribution >= 0.6 is 0 Å². The van der Waals surface area contributed by atoms with Crippen molar-refractivity contribution in [2.75, 3.05) is 6.54 Å². The Morgan fingerprint density at radius 3 is 2.26 bits per heavy atom. The van der Waals surface area contributed by atoms with E-state index in [9.17, 15) is 14.4 Å². The summed E-state index contributed by atoms with van der Waals surface area (Å²) in [7, 11) is 0. The van der Waals surface area contributed by atoms with Crippen LogP contribution in [0.5, 0.6) is 0 Å². The zero-order valence-corrected chi connectivity index (χ0v) is 17.9. The molecule has 3 amide bonds. The zero-order valence-electron chi connectivity index (χ0n) is 17.9. The minimum Gasteiger partial charge on any atom is -0.319 e. The largest absolute Gasteiger partial charge is 0.325 e. The number of hydrogen-bond acceptors (Lipinski definition) is 3. The van der Waals surface area contributed by atoms with Crippen LogP contribution in [-0.4, -0.2) is 29.2 Å². The highest BCUT2D eigenvalue weighted by Crippen LogP contribution is 2.60. The van der Waals surface area contributed by atoms with E-state index in [1.807, 2.05) is 42.5 Å². The van der Waals surface area contributed by atoms with Crippen LogP contribution in [0.25, 0.3) is 10.8 Å². The maximum atomic E-state index is 13.5. The Labute approximate surface area is 182 Å². The second-order valence-electron chi connectivity index (χ2n) is 10.6. The van der Waals surface area contributed by atoms with Gasteiger partial charge in [-0.3, -0.25) is 14.5 Å². The maximum absolute atomic E-state index is 13.5. The number of urea groups is 1. The highest BCUT2D eigenvalue weighted by atomic mass is 16.2. The first-order valence-corrected chi connectivity index (χ1v) is 11.5. The van der Waals surface area contributed by atoms with Crippen molar-refractivity contribution < 1.29 is 14.4 Å². The minimum absolute atomic E-state index is 0.0947. The SMILES string of the molecule is C[C@@]1(c2cccc3ccccc23)NC(=O)N(CC(=O)C23CC4CC(CC(C4)C2)C3)C1=O. The molecular formula is C26H28N2O3. The summed E-state index contributed by atoms with van der Waals surface area (Å²) >= 11 is 0. The van der Waals surface area contributed by atoms with Gasteiger partial charge in [0.15, 0.2) is 5.78 Å². The van der Waals surface area contributed by atoms with E-state index >= 15 is 0 Å². The maximum Gasteiger partial charge on any atom is 0.325 e. The third-order valence-electron chi connectivity index (χ3n) is 8.53. The van der Waals surface area contributed by atoms with Crippen LogP contribution < -0.4 is 5.32 Å². The molecule has 0 radical (unpaired) electrons. The molecule has 4 bridgehead atoms. The Kier molecular flexibility index (Phi) is 3.93. The van der Waals surface area contributed by atoms with E-state index in [0.29, 0.717) is 17.8 Å². The number of amides is 3. The van der Waals surface area contributed by atoms with Crippen LogP contribution in [0.4, 0.5) is 4.79 Å². The van der Waals surface area contributed by atoms with Crippen LogP contribution in [0, 0.1) is 23.2 Å². The fourth-order valence-electron chi connectivity index (χ4n) is 7.45. The van der Waals surface area contributed by atoms with Gasteiger partial charge in [0.25, 0.3) is 5.91 Å². The molecule has 0 spiro atoms. The molecule has 5 fully saturated rings. The molecule has 2 aromatic rings. The summed E-state index contributed by atoms with van der Waals surface area (Å²) < 4.78 is 0. The van der Waals surface area contributed by atoms with E-state index in [-0.39, 0.29) is 23.7 Å². The van der Waals surface area contributed by atoms with Crippen molar-refractivity contribution in [3.05, 3.63) is 48.0 Å². The minimum atomic E-state index is -1.17. The first-order valence-electron chi connectivity index (χ1n) is 11.5. The predicted molar refractivity (Wildman–Crippen MR) is 117 cm³/mol. The molecule has 1 N–H and O–H groups in total. The van der Waals surface area contributed by atoms with Crippen molar-refractivity contribution in [2.45, 2.75) is 51.0 Å². The molecule has 160 valence electrons. The van der Waals surface area contributed by atoms with Crippen molar-refractivity contribution in [1.82, 2.24) is 10.2 Å². The van der Waals surface area contributed by atoms with Crippen molar-refractivity contribution in [3.8, 4) is 0 Å². The zero-order chi connectivity index (χ0) is 21.4. The van der Waals surface area contributed by atoms with E-state index in [0.717, 1.165) is 35.6 Å². The van der Waals surface area contributed by atoms with Crippen molar-refractivity contribution >= 4 is 28.5 Å². The van der Waals surface area contributed by atoms with Crippen LogP contribution in [-0.2, 0) is 15.1 Å². The molecule has 4 saturated carbocycles. The molecule has 0 unspecified atom stereocenters. The lowest BCUT2D eigenvalue weighted by atomic mass is 9.48. The number of ketones is 1. The first-order chi connectivity index (χ1) is 14.9. The number of nitrogens with zero attached hydrogens (tertiary/aromatic N) is 1. The van der Waals surface area contributed by atoms with Gasteiger partial charge in [-0.25, -0.2) is 4.79 Å². The second kappa shape index (κ2) is 6.41. The number of carbonyl (C=O) groups is 3. The topological polar surface area (TPSA) is 66.5 Å². The van der Waals surface area contributed by atoms with Gasteiger partial charge in [0.2, 0.25) is 0 Å². The third kappa shape index (κ3) is 2.71. The number of Topliss-reactive ketones (excluding diaryl/α,β-unsaturated/α-hetero) is 1. The lowest BCUT2D eigenvalue weighted by Crippen LogP contribution is -2.53. The number of fused-ring (bicyclic) bond motifs is 1. The summed E-state index contributed by atoms with van der Waals surface area (Å²) in [5.41, 5.74) is -0.707. The summed E-state index contributed by atoms with van der Waals surface area (Å²) in [6, 6.07) is 13.2. The molecule has 1 saturated heterocycles. The van der Waals surface area contributed by atoms with Gasteiger partial charge < -0.3 is 5.32 Å². The van der Waals surface area contributed by atoms with Gasteiger partial charge in [-0.15, -0.1) is 0 Å². The van der Waals surface area contributed by atoms with Gasteiger partial charge in [0, 0.05) is 5.41 Å². The van der Waals surface area contributed by atoms with Gasteiger partial charge in [0.05, 0.1) is 6.54 Å². The summed E-state index contributed by atoms with van der Waals surface area (Å²) in [6.07, 6.45) is 6.62. The van der Waals surface area contributed by atoms with Crippen LogP contribution in [0.15, 0.2) is 42.5 Å². The molecule has 31 heavy (non-hydrogen) atoms. The smallest absolute Gasteiger partial charge is 0.319 e. The molecule has 7 rings (SSSR count).